The number of primary amides is 1. The third-order valence-corrected chi connectivity index (χ3v) is 3.24. The molecular weight excluding hydrogens is 282 g/mol. The minimum absolute atomic E-state index is 0.0877. The standard InChI is InChI=1S/C12H11N3O6/c13-11(17)6-3-10(16)14(5-6)9-4-7(15(20)21)1-2-8(9)12(18)19/h1-2,4,6H,3,5H2,(H2,13,17)(H,18,19). The van der Waals surface area contributed by atoms with Gasteiger partial charge in [-0.1, -0.05) is 0 Å². The van der Waals surface area contributed by atoms with Crippen molar-refractivity contribution >= 4 is 29.2 Å². The fourth-order valence-corrected chi connectivity index (χ4v) is 2.17. The molecule has 9 heteroatoms. The van der Waals surface area contributed by atoms with Gasteiger partial charge >= 0.3 is 5.97 Å². The topological polar surface area (TPSA) is 144 Å². The van der Waals surface area contributed by atoms with Crippen molar-refractivity contribution in [2.45, 2.75) is 6.42 Å². The van der Waals surface area contributed by atoms with Gasteiger partial charge in [0, 0.05) is 25.1 Å². The number of amides is 2. The van der Waals surface area contributed by atoms with Crippen molar-refractivity contribution in [3.63, 3.8) is 0 Å². The lowest BCUT2D eigenvalue weighted by atomic mass is 10.1. The van der Waals surface area contributed by atoms with Gasteiger partial charge in [0.25, 0.3) is 5.69 Å². The molecule has 2 rings (SSSR count). The molecule has 110 valence electrons. The minimum Gasteiger partial charge on any atom is -0.478 e. The molecule has 1 unspecified atom stereocenters. The zero-order chi connectivity index (χ0) is 15.7. The molecule has 1 fully saturated rings. The first kappa shape index (κ1) is 14.4. The second kappa shape index (κ2) is 5.19. The van der Waals surface area contributed by atoms with Crippen LogP contribution in [0.15, 0.2) is 18.2 Å². The monoisotopic (exact) mass is 293 g/mol. The first-order valence-electron chi connectivity index (χ1n) is 5.92. The first-order chi connectivity index (χ1) is 9.81. The lowest BCUT2D eigenvalue weighted by Crippen LogP contribution is -2.29. The number of aromatic carboxylic acids is 1. The van der Waals surface area contributed by atoms with Crippen molar-refractivity contribution in [1.29, 1.82) is 0 Å². The molecule has 0 saturated carbocycles. The van der Waals surface area contributed by atoms with Gasteiger partial charge in [-0.15, -0.1) is 0 Å². The van der Waals surface area contributed by atoms with E-state index in [1.165, 1.54) is 0 Å². The van der Waals surface area contributed by atoms with Crippen LogP contribution < -0.4 is 10.6 Å². The molecule has 1 saturated heterocycles. The third-order valence-electron chi connectivity index (χ3n) is 3.24. The van der Waals surface area contributed by atoms with Gasteiger partial charge in [-0.3, -0.25) is 19.7 Å². The van der Waals surface area contributed by atoms with Gasteiger partial charge in [0.1, 0.15) is 0 Å². The molecule has 1 aromatic carbocycles. The van der Waals surface area contributed by atoms with Crippen molar-refractivity contribution in [3.8, 4) is 0 Å². The molecule has 2 amide bonds. The van der Waals surface area contributed by atoms with Crippen LogP contribution in [0.3, 0.4) is 0 Å². The molecule has 21 heavy (non-hydrogen) atoms. The van der Waals surface area contributed by atoms with Crippen LogP contribution >= 0.6 is 0 Å². The fraction of sp³-hybridized carbons (Fsp3) is 0.250. The summed E-state index contributed by atoms with van der Waals surface area (Å²) in [7, 11) is 0. The van der Waals surface area contributed by atoms with E-state index in [0.29, 0.717) is 0 Å². The lowest BCUT2D eigenvalue weighted by molar-refractivity contribution is -0.384. The van der Waals surface area contributed by atoms with Gasteiger partial charge in [0.15, 0.2) is 0 Å². The van der Waals surface area contributed by atoms with E-state index in [1.807, 2.05) is 0 Å². The second-order valence-electron chi connectivity index (χ2n) is 4.57. The van der Waals surface area contributed by atoms with E-state index in [-0.39, 0.29) is 29.9 Å². The number of carbonyl (C=O) groups is 3. The van der Waals surface area contributed by atoms with Gasteiger partial charge in [-0.05, 0) is 6.07 Å². The van der Waals surface area contributed by atoms with Crippen LogP contribution in [0.5, 0.6) is 0 Å². The smallest absolute Gasteiger partial charge is 0.337 e. The highest BCUT2D eigenvalue weighted by Gasteiger charge is 2.36. The van der Waals surface area contributed by atoms with Crippen LogP contribution in [0.2, 0.25) is 0 Å². The number of anilines is 1. The number of nitrogens with two attached hydrogens (primary N) is 1. The van der Waals surface area contributed by atoms with E-state index in [9.17, 15) is 24.5 Å². The average Bonchev–Trinajstić information content (AvgIpc) is 2.80. The van der Waals surface area contributed by atoms with E-state index < -0.39 is 28.6 Å². The minimum atomic E-state index is -1.32. The molecule has 1 aliphatic heterocycles. The van der Waals surface area contributed by atoms with Crippen LogP contribution in [-0.2, 0) is 9.59 Å². The molecule has 1 aromatic rings. The Morgan fingerprint density at radius 3 is 2.57 bits per heavy atom. The number of nitro groups is 1. The van der Waals surface area contributed by atoms with E-state index in [2.05, 4.69) is 0 Å². The first-order valence-corrected chi connectivity index (χ1v) is 5.92. The number of benzene rings is 1. The summed E-state index contributed by atoms with van der Waals surface area (Å²) < 4.78 is 0. The van der Waals surface area contributed by atoms with Crippen molar-refractivity contribution in [1.82, 2.24) is 0 Å². The number of nitrogens with zero attached hydrogens (tertiary/aromatic N) is 2. The summed E-state index contributed by atoms with van der Waals surface area (Å²) in [5.41, 5.74) is 4.43. The predicted molar refractivity (Wildman–Crippen MR) is 69.7 cm³/mol. The Hall–Kier alpha value is -2.97. The molecule has 0 aromatic heterocycles. The number of nitro benzene ring substituents is 1. The average molecular weight is 293 g/mol. The molecular formula is C12H11N3O6. The van der Waals surface area contributed by atoms with E-state index in [4.69, 9.17) is 10.8 Å². The normalized spacial score (nSPS) is 17.8. The summed E-state index contributed by atoms with van der Waals surface area (Å²) >= 11 is 0. The Balaban J connectivity index is 2.48. The Kier molecular flexibility index (Phi) is 3.57. The van der Waals surface area contributed by atoms with Gasteiger partial charge in [-0.2, -0.15) is 0 Å². The fourth-order valence-electron chi connectivity index (χ4n) is 2.17. The number of rotatable bonds is 4. The lowest BCUT2D eigenvalue weighted by Gasteiger charge is -2.18. The number of non-ortho nitro benzene ring substituents is 1. The quantitative estimate of drug-likeness (QED) is 0.596. The number of hydrogen-bond acceptors (Lipinski definition) is 5. The number of carbonyl (C=O) groups excluding carboxylic acids is 2. The predicted octanol–water partition coefficient (Wildman–Crippen LogP) is 0.131. The maximum absolute atomic E-state index is 11.9. The summed E-state index contributed by atoms with van der Waals surface area (Å²) in [6.45, 7) is -0.0877. The van der Waals surface area contributed by atoms with Crippen molar-refractivity contribution in [2.75, 3.05) is 11.4 Å². The summed E-state index contributed by atoms with van der Waals surface area (Å²) in [6.07, 6.45) is -0.142. The molecule has 0 spiro atoms. The molecule has 1 aliphatic rings. The SMILES string of the molecule is NC(=O)C1CC(=O)N(c2cc([N+](=O)[O-])ccc2C(=O)O)C1. The van der Waals surface area contributed by atoms with Gasteiger partial charge in [0.05, 0.1) is 22.1 Å². The third kappa shape index (κ3) is 2.66. The van der Waals surface area contributed by atoms with Crippen LogP contribution in [0.4, 0.5) is 11.4 Å². The van der Waals surface area contributed by atoms with Crippen molar-refractivity contribution in [2.24, 2.45) is 11.7 Å². The summed E-state index contributed by atoms with van der Waals surface area (Å²) in [5, 5.41) is 19.9. The highest BCUT2D eigenvalue weighted by molar-refractivity contribution is 6.05. The second-order valence-corrected chi connectivity index (χ2v) is 4.57. The number of hydrogen-bond donors (Lipinski definition) is 2. The largest absolute Gasteiger partial charge is 0.478 e. The maximum Gasteiger partial charge on any atom is 0.337 e. The van der Waals surface area contributed by atoms with Crippen LogP contribution in [-0.4, -0.2) is 34.4 Å². The van der Waals surface area contributed by atoms with E-state index in [0.717, 1.165) is 23.1 Å². The van der Waals surface area contributed by atoms with Crippen LogP contribution in [0.25, 0.3) is 0 Å². The maximum atomic E-state index is 11.9. The van der Waals surface area contributed by atoms with Crippen LogP contribution in [0, 0.1) is 16.0 Å². The Morgan fingerprint density at radius 2 is 2.10 bits per heavy atom. The van der Waals surface area contributed by atoms with Crippen molar-refractivity contribution < 1.29 is 24.4 Å². The Morgan fingerprint density at radius 1 is 1.43 bits per heavy atom. The number of carboxylic acids is 1. The molecule has 0 bridgehead atoms. The Bertz CT molecular complexity index is 656. The molecule has 0 radical (unpaired) electrons. The number of carboxylic acid groups (broad SMARTS) is 1. The van der Waals surface area contributed by atoms with Gasteiger partial charge in [0.2, 0.25) is 11.8 Å². The van der Waals surface area contributed by atoms with Crippen LogP contribution in [0.1, 0.15) is 16.8 Å². The summed E-state index contributed by atoms with van der Waals surface area (Å²) in [5.74, 6) is -3.23. The zero-order valence-corrected chi connectivity index (χ0v) is 10.7. The molecule has 1 atom stereocenters. The van der Waals surface area contributed by atoms with Gasteiger partial charge in [-0.25, -0.2) is 4.79 Å². The Labute approximate surface area is 118 Å². The summed E-state index contributed by atoms with van der Waals surface area (Å²) in [4.78, 5) is 45.4. The molecule has 0 aliphatic carbocycles. The highest BCUT2D eigenvalue weighted by atomic mass is 16.6. The molecule has 3 N–H and O–H groups in total. The molecule has 1 heterocycles. The van der Waals surface area contributed by atoms with E-state index in [1.54, 1.807) is 0 Å². The zero-order valence-electron chi connectivity index (χ0n) is 10.7. The van der Waals surface area contributed by atoms with E-state index >= 15 is 0 Å². The van der Waals surface area contributed by atoms with Gasteiger partial charge < -0.3 is 15.7 Å². The highest BCUT2D eigenvalue weighted by Crippen LogP contribution is 2.31. The summed E-state index contributed by atoms with van der Waals surface area (Å²) in [6, 6.07) is 3.10. The molecule has 9 nitrogen and oxygen atoms in total. The van der Waals surface area contributed by atoms with Crippen molar-refractivity contribution in [3.05, 3.63) is 33.9 Å².